The summed E-state index contributed by atoms with van der Waals surface area (Å²) in [7, 11) is 4.31. The van der Waals surface area contributed by atoms with E-state index in [1.165, 1.54) is 32.2 Å². The molecular weight excluding hydrogens is 226 g/mol. The van der Waals surface area contributed by atoms with E-state index in [9.17, 15) is 4.79 Å². The van der Waals surface area contributed by atoms with Crippen molar-refractivity contribution in [2.75, 3.05) is 40.4 Å². The molecule has 1 heterocycles. The minimum atomic E-state index is 0.313. The highest BCUT2D eigenvalue weighted by Gasteiger charge is 2.33. The zero-order chi connectivity index (χ0) is 13.1. The minimum absolute atomic E-state index is 0.313. The van der Waals surface area contributed by atoms with Crippen molar-refractivity contribution < 1.29 is 4.79 Å². The lowest BCUT2D eigenvalue weighted by molar-refractivity contribution is -0.126. The lowest BCUT2D eigenvalue weighted by atomic mass is 9.85. The Bertz CT molecular complexity index is 285. The smallest absolute Gasteiger partial charge is 0.237 e. The highest BCUT2D eigenvalue weighted by molar-refractivity contribution is 5.80. The summed E-state index contributed by atoms with van der Waals surface area (Å²) in [5.74, 6) is 1.17. The van der Waals surface area contributed by atoms with E-state index in [1.807, 2.05) is 4.90 Å². The topological polar surface area (TPSA) is 26.8 Å². The van der Waals surface area contributed by atoms with Crippen molar-refractivity contribution in [3.8, 4) is 0 Å². The second-order valence-corrected chi connectivity index (χ2v) is 6.07. The summed E-state index contributed by atoms with van der Waals surface area (Å²) < 4.78 is 0. The van der Waals surface area contributed by atoms with E-state index in [2.05, 4.69) is 30.8 Å². The number of carbonyl (C=O) groups excluding carboxylic acids is 1. The highest BCUT2D eigenvalue weighted by Crippen LogP contribution is 2.29. The van der Waals surface area contributed by atoms with Gasteiger partial charge in [0.2, 0.25) is 5.91 Å². The first-order valence-electron chi connectivity index (χ1n) is 7.26. The molecule has 104 valence electrons. The van der Waals surface area contributed by atoms with E-state index >= 15 is 0 Å². The van der Waals surface area contributed by atoms with E-state index < -0.39 is 0 Å². The summed E-state index contributed by atoms with van der Waals surface area (Å²) in [4.78, 5) is 18.4. The van der Waals surface area contributed by atoms with Gasteiger partial charge in [0.25, 0.3) is 0 Å². The summed E-state index contributed by atoms with van der Waals surface area (Å²) in [6, 6.07) is 0.643. The molecule has 0 atom stereocenters. The summed E-state index contributed by atoms with van der Waals surface area (Å²) in [5, 5.41) is 0. The SMILES string of the molecule is CCN1CN(C2CCC(CN(C)C)CC2)CC1=O. The number of hydrogen-bond acceptors (Lipinski definition) is 3. The van der Waals surface area contributed by atoms with E-state index in [0.29, 0.717) is 18.5 Å². The molecule has 0 unspecified atom stereocenters. The van der Waals surface area contributed by atoms with E-state index in [4.69, 9.17) is 0 Å². The van der Waals surface area contributed by atoms with Gasteiger partial charge in [0, 0.05) is 19.1 Å². The minimum Gasteiger partial charge on any atom is -0.329 e. The van der Waals surface area contributed by atoms with Crippen molar-refractivity contribution in [2.24, 2.45) is 5.92 Å². The summed E-state index contributed by atoms with van der Waals surface area (Å²) in [6.07, 6.45) is 5.17. The molecule has 0 spiro atoms. The van der Waals surface area contributed by atoms with Gasteiger partial charge in [-0.25, -0.2) is 0 Å². The molecule has 0 radical (unpaired) electrons. The van der Waals surface area contributed by atoms with Gasteiger partial charge in [-0.2, -0.15) is 0 Å². The lowest BCUT2D eigenvalue weighted by Gasteiger charge is -2.34. The molecule has 2 fully saturated rings. The second kappa shape index (κ2) is 6.02. The maximum atomic E-state index is 11.7. The number of carbonyl (C=O) groups is 1. The molecule has 2 aliphatic rings. The molecule has 0 bridgehead atoms. The van der Waals surface area contributed by atoms with Gasteiger partial charge in [-0.3, -0.25) is 9.69 Å². The Labute approximate surface area is 111 Å². The fraction of sp³-hybridized carbons (Fsp3) is 0.929. The van der Waals surface area contributed by atoms with Crippen LogP contribution in [0.15, 0.2) is 0 Å². The van der Waals surface area contributed by atoms with E-state index in [-0.39, 0.29) is 0 Å². The first-order chi connectivity index (χ1) is 8.60. The number of hydrogen-bond donors (Lipinski definition) is 0. The average Bonchev–Trinajstić information content (AvgIpc) is 2.71. The van der Waals surface area contributed by atoms with Crippen LogP contribution in [-0.2, 0) is 4.79 Å². The molecule has 18 heavy (non-hydrogen) atoms. The van der Waals surface area contributed by atoms with E-state index in [0.717, 1.165) is 19.1 Å². The quantitative estimate of drug-likeness (QED) is 0.754. The standard InChI is InChI=1S/C14H27N3O/c1-4-16-11-17(10-14(16)18)13-7-5-12(6-8-13)9-15(2)3/h12-13H,4-11H2,1-3H3. The van der Waals surface area contributed by atoms with Crippen LogP contribution in [0.5, 0.6) is 0 Å². The summed E-state index contributed by atoms with van der Waals surface area (Å²) in [5.41, 5.74) is 0. The van der Waals surface area contributed by atoms with Gasteiger partial charge >= 0.3 is 0 Å². The maximum absolute atomic E-state index is 11.7. The predicted octanol–water partition coefficient (Wildman–Crippen LogP) is 1.23. The van der Waals surface area contributed by atoms with Crippen LogP contribution in [0.2, 0.25) is 0 Å². The van der Waals surface area contributed by atoms with Gasteiger partial charge in [-0.05, 0) is 52.6 Å². The van der Waals surface area contributed by atoms with Gasteiger partial charge in [-0.1, -0.05) is 0 Å². The molecule has 0 aromatic carbocycles. The Morgan fingerprint density at radius 3 is 2.39 bits per heavy atom. The third-order valence-electron chi connectivity index (χ3n) is 4.38. The third-order valence-corrected chi connectivity index (χ3v) is 4.38. The summed E-state index contributed by atoms with van der Waals surface area (Å²) in [6.45, 7) is 5.64. The fourth-order valence-corrected chi connectivity index (χ4v) is 3.35. The number of amides is 1. The maximum Gasteiger partial charge on any atom is 0.237 e. The molecule has 2 rings (SSSR count). The molecule has 4 nitrogen and oxygen atoms in total. The molecule has 0 N–H and O–H groups in total. The predicted molar refractivity (Wildman–Crippen MR) is 73.3 cm³/mol. The first-order valence-corrected chi connectivity index (χ1v) is 7.26. The molecule has 0 aromatic rings. The number of likely N-dealkylation sites (N-methyl/N-ethyl adjacent to an activating group) is 1. The van der Waals surface area contributed by atoms with Crippen molar-refractivity contribution in [3.63, 3.8) is 0 Å². The fourth-order valence-electron chi connectivity index (χ4n) is 3.35. The Kier molecular flexibility index (Phi) is 4.62. The van der Waals surface area contributed by atoms with Gasteiger partial charge < -0.3 is 9.80 Å². The zero-order valence-corrected chi connectivity index (χ0v) is 12.1. The van der Waals surface area contributed by atoms with Crippen molar-refractivity contribution in [1.82, 2.24) is 14.7 Å². The van der Waals surface area contributed by atoms with Gasteiger partial charge in [0.1, 0.15) is 0 Å². The first kappa shape index (κ1) is 13.8. The van der Waals surface area contributed by atoms with Crippen LogP contribution in [0.3, 0.4) is 0 Å². The molecule has 0 aromatic heterocycles. The van der Waals surface area contributed by atoms with Crippen LogP contribution in [0.25, 0.3) is 0 Å². The van der Waals surface area contributed by atoms with Crippen molar-refractivity contribution in [3.05, 3.63) is 0 Å². The molecule has 1 saturated carbocycles. The Morgan fingerprint density at radius 2 is 1.89 bits per heavy atom. The van der Waals surface area contributed by atoms with Gasteiger partial charge in [0.15, 0.2) is 0 Å². The third kappa shape index (κ3) is 3.23. The normalized spacial score (nSPS) is 30.4. The van der Waals surface area contributed by atoms with Crippen LogP contribution in [0.1, 0.15) is 32.6 Å². The Balaban J connectivity index is 1.78. The molecule has 1 amide bonds. The van der Waals surface area contributed by atoms with Crippen LogP contribution >= 0.6 is 0 Å². The highest BCUT2D eigenvalue weighted by atomic mass is 16.2. The molecule has 4 heteroatoms. The van der Waals surface area contributed by atoms with Gasteiger partial charge in [0.05, 0.1) is 13.2 Å². The Hall–Kier alpha value is -0.610. The zero-order valence-electron chi connectivity index (χ0n) is 12.1. The van der Waals surface area contributed by atoms with Crippen molar-refractivity contribution in [2.45, 2.75) is 38.6 Å². The average molecular weight is 253 g/mol. The second-order valence-electron chi connectivity index (χ2n) is 6.07. The van der Waals surface area contributed by atoms with Gasteiger partial charge in [-0.15, -0.1) is 0 Å². The Morgan fingerprint density at radius 1 is 1.22 bits per heavy atom. The largest absolute Gasteiger partial charge is 0.329 e. The van der Waals surface area contributed by atoms with Crippen LogP contribution in [0, 0.1) is 5.92 Å². The molecule has 1 aliphatic heterocycles. The molecular formula is C14H27N3O. The molecule has 1 aliphatic carbocycles. The van der Waals surface area contributed by atoms with Crippen molar-refractivity contribution >= 4 is 5.91 Å². The number of nitrogens with zero attached hydrogens (tertiary/aromatic N) is 3. The lowest BCUT2D eigenvalue weighted by Crippen LogP contribution is -2.39. The van der Waals surface area contributed by atoms with E-state index in [1.54, 1.807) is 0 Å². The van der Waals surface area contributed by atoms with Crippen LogP contribution in [-0.4, -0.2) is 67.0 Å². The summed E-state index contributed by atoms with van der Waals surface area (Å²) >= 11 is 0. The number of rotatable bonds is 4. The monoisotopic (exact) mass is 253 g/mol. The molecule has 1 saturated heterocycles. The van der Waals surface area contributed by atoms with Crippen LogP contribution < -0.4 is 0 Å². The van der Waals surface area contributed by atoms with Crippen LogP contribution in [0.4, 0.5) is 0 Å². The van der Waals surface area contributed by atoms with Crippen molar-refractivity contribution in [1.29, 1.82) is 0 Å².